The van der Waals surface area contributed by atoms with Crippen LogP contribution >= 0.6 is 0 Å². The molecule has 2 nitrogen and oxygen atoms in total. The summed E-state index contributed by atoms with van der Waals surface area (Å²) in [6, 6.07) is 2.32. The van der Waals surface area contributed by atoms with Gasteiger partial charge in [-0.1, -0.05) is 13.8 Å². The minimum atomic E-state index is -0.153. The van der Waals surface area contributed by atoms with Crippen molar-refractivity contribution >= 4 is 0 Å². The number of nitriles is 1. The van der Waals surface area contributed by atoms with Gasteiger partial charge in [-0.2, -0.15) is 5.26 Å². The molecule has 0 aliphatic carbocycles. The standard InChI is InChI=1S/C12H24N2/c1-11(2)6-9-14-8-5-7-12(3,4)10-13/h11,14H,5-9H2,1-4H3. The monoisotopic (exact) mass is 196 g/mol. The van der Waals surface area contributed by atoms with E-state index < -0.39 is 0 Å². The normalized spacial score (nSPS) is 11.7. The molecular formula is C12H24N2. The van der Waals surface area contributed by atoms with Crippen LogP contribution < -0.4 is 5.32 Å². The molecule has 0 fully saturated rings. The van der Waals surface area contributed by atoms with Gasteiger partial charge in [-0.3, -0.25) is 0 Å². The topological polar surface area (TPSA) is 35.8 Å². The highest BCUT2D eigenvalue weighted by Crippen LogP contribution is 2.19. The maximum absolute atomic E-state index is 8.80. The minimum Gasteiger partial charge on any atom is -0.317 e. The number of hydrogen-bond donors (Lipinski definition) is 1. The molecule has 0 atom stereocenters. The van der Waals surface area contributed by atoms with E-state index in [-0.39, 0.29) is 5.41 Å². The summed E-state index contributed by atoms with van der Waals surface area (Å²) in [4.78, 5) is 0. The van der Waals surface area contributed by atoms with Crippen molar-refractivity contribution < 1.29 is 0 Å². The van der Waals surface area contributed by atoms with Crippen molar-refractivity contribution in [1.82, 2.24) is 5.32 Å². The van der Waals surface area contributed by atoms with E-state index >= 15 is 0 Å². The van der Waals surface area contributed by atoms with Crippen molar-refractivity contribution in [2.75, 3.05) is 13.1 Å². The molecule has 0 bridgehead atoms. The first-order valence-corrected chi connectivity index (χ1v) is 5.60. The Balaban J connectivity index is 3.27. The van der Waals surface area contributed by atoms with Crippen LogP contribution in [0.25, 0.3) is 0 Å². The molecule has 0 rings (SSSR count). The Kier molecular flexibility index (Phi) is 6.57. The summed E-state index contributed by atoms with van der Waals surface area (Å²) < 4.78 is 0. The lowest BCUT2D eigenvalue weighted by atomic mass is 9.90. The van der Waals surface area contributed by atoms with Gasteiger partial charge in [0.25, 0.3) is 0 Å². The van der Waals surface area contributed by atoms with Gasteiger partial charge in [-0.15, -0.1) is 0 Å². The van der Waals surface area contributed by atoms with Crippen LogP contribution in [-0.4, -0.2) is 13.1 Å². The second kappa shape index (κ2) is 6.84. The Labute approximate surface area is 88.7 Å². The molecule has 0 saturated heterocycles. The Hall–Kier alpha value is -0.550. The fourth-order valence-electron chi connectivity index (χ4n) is 1.23. The van der Waals surface area contributed by atoms with E-state index in [1.165, 1.54) is 6.42 Å². The highest BCUT2D eigenvalue weighted by Gasteiger charge is 2.14. The van der Waals surface area contributed by atoms with Crippen LogP contribution in [-0.2, 0) is 0 Å². The van der Waals surface area contributed by atoms with Crippen molar-refractivity contribution in [2.24, 2.45) is 11.3 Å². The molecule has 0 aromatic rings. The van der Waals surface area contributed by atoms with E-state index in [0.29, 0.717) is 0 Å². The second-order valence-corrected chi connectivity index (χ2v) is 5.03. The van der Waals surface area contributed by atoms with Crippen molar-refractivity contribution in [1.29, 1.82) is 5.26 Å². The zero-order valence-corrected chi connectivity index (χ0v) is 10.1. The fourth-order valence-corrected chi connectivity index (χ4v) is 1.23. The van der Waals surface area contributed by atoms with Crippen LogP contribution in [0.1, 0.15) is 47.0 Å². The van der Waals surface area contributed by atoms with Crippen LogP contribution in [0.2, 0.25) is 0 Å². The molecular weight excluding hydrogens is 172 g/mol. The summed E-state index contributed by atoms with van der Waals surface area (Å²) in [7, 11) is 0. The lowest BCUT2D eigenvalue weighted by Gasteiger charge is -2.14. The number of nitrogens with zero attached hydrogens (tertiary/aromatic N) is 1. The first-order valence-electron chi connectivity index (χ1n) is 5.60. The van der Waals surface area contributed by atoms with E-state index in [0.717, 1.165) is 31.8 Å². The van der Waals surface area contributed by atoms with Crippen molar-refractivity contribution in [3.8, 4) is 6.07 Å². The van der Waals surface area contributed by atoms with Gasteiger partial charge < -0.3 is 5.32 Å². The van der Waals surface area contributed by atoms with E-state index in [1.54, 1.807) is 0 Å². The summed E-state index contributed by atoms with van der Waals surface area (Å²) in [5.74, 6) is 0.776. The van der Waals surface area contributed by atoms with Gasteiger partial charge in [-0.05, 0) is 52.1 Å². The SMILES string of the molecule is CC(C)CCNCCCC(C)(C)C#N. The van der Waals surface area contributed by atoms with Gasteiger partial charge in [0.15, 0.2) is 0 Å². The number of hydrogen-bond acceptors (Lipinski definition) is 2. The van der Waals surface area contributed by atoms with Crippen LogP contribution in [0, 0.1) is 22.7 Å². The van der Waals surface area contributed by atoms with Crippen LogP contribution in [0.15, 0.2) is 0 Å². The average molecular weight is 196 g/mol. The molecule has 14 heavy (non-hydrogen) atoms. The number of rotatable bonds is 7. The lowest BCUT2D eigenvalue weighted by Crippen LogP contribution is -2.20. The molecule has 0 spiro atoms. The molecule has 0 aliphatic rings. The lowest BCUT2D eigenvalue weighted by molar-refractivity contribution is 0.422. The van der Waals surface area contributed by atoms with E-state index in [4.69, 9.17) is 5.26 Å². The molecule has 1 N–H and O–H groups in total. The summed E-state index contributed by atoms with van der Waals surface area (Å²) in [6.07, 6.45) is 3.32. The fraction of sp³-hybridized carbons (Fsp3) is 0.917. The summed E-state index contributed by atoms with van der Waals surface area (Å²) in [6.45, 7) is 10.6. The van der Waals surface area contributed by atoms with E-state index in [1.807, 2.05) is 13.8 Å². The number of nitrogens with one attached hydrogen (secondary N) is 1. The largest absolute Gasteiger partial charge is 0.317 e. The van der Waals surface area contributed by atoms with Crippen molar-refractivity contribution in [3.63, 3.8) is 0 Å². The molecule has 82 valence electrons. The molecule has 0 heterocycles. The van der Waals surface area contributed by atoms with E-state index in [9.17, 15) is 0 Å². The second-order valence-electron chi connectivity index (χ2n) is 5.03. The molecule has 0 amide bonds. The van der Waals surface area contributed by atoms with Crippen molar-refractivity contribution in [2.45, 2.75) is 47.0 Å². The first kappa shape index (κ1) is 13.4. The Bertz CT molecular complexity index is 177. The molecule has 2 heteroatoms. The zero-order valence-electron chi connectivity index (χ0n) is 10.1. The third-order valence-corrected chi connectivity index (χ3v) is 2.36. The van der Waals surface area contributed by atoms with Gasteiger partial charge in [0.2, 0.25) is 0 Å². The molecule has 0 aromatic carbocycles. The van der Waals surface area contributed by atoms with E-state index in [2.05, 4.69) is 25.2 Å². The maximum atomic E-state index is 8.80. The predicted molar refractivity (Wildman–Crippen MR) is 61.0 cm³/mol. The van der Waals surface area contributed by atoms with Crippen LogP contribution in [0.4, 0.5) is 0 Å². The summed E-state index contributed by atoms with van der Waals surface area (Å²) in [5, 5.41) is 12.2. The third kappa shape index (κ3) is 8.07. The first-order chi connectivity index (χ1) is 6.48. The van der Waals surface area contributed by atoms with Gasteiger partial charge in [-0.25, -0.2) is 0 Å². The van der Waals surface area contributed by atoms with Crippen molar-refractivity contribution in [3.05, 3.63) is 0 Å². The average Bonchev–Trinajstić information content (AvgIpc) is 2.10. The predicted octanol–water partition coefficient (Wildman–Crippen LogP) is 2.95. The van der Waals surface area contributed by atoms with Crippen LogP contribution in [0.3, 0.4) is 0 Å². The van der Waals surface area contributed by atoms with Gasteiger partial charge in [0.05, 0.1) is 11.5 Å². The Morgan fingerprint density at radius 2 is 1.93 bits per heavy atom. The molecule has 0 aromatic heterocycles. The highest BCUT2D eigenvalue weighted by atomic mass is 14.8. The van der Waals surface area contributed by atoms with Gasteiger partial charge in [0, 0.05) is 0 Å². The molecule has 0 saturated carbocycles. The van der Waals surface area contributed by atoms with Crippen LogP contribution in [0.5, 0.6) is 0 Å². The Morgan fingerprint density at radius 1 is 1.29 bits per heavy atom. The molecule has 0 radical (unpaired) electrons. The maximum Gasteiger partial charge on any atom is 0.0683 e. The minimum absolute atomic E-state index is 0.153. The molecule has 0 unspecified atom stereocenters. The quantitative estimate of drug-likeness (QED) is 0.635. The van der Waals surface area contributed by atoms with Gasteiger partial charge in [0.1, 0.15) is 0 Å². The van der Waals surface area contributed by atoms with Gasteiger partial charge >= 0.3 is 0 Å². The summed E-state index contributed by atoms with van der Waals surface area (Å²) in [5.41, 5.74) is -0.153. The Morgan fingerprint density at radius 3 is 2.43 bits per heavy atom. The highest BCUT2D eigenvalue weighted by molar-refractivity contribution is 4.91. The zero-order chi connectivity index (χ0) is 11.0. The summed E-state index contributed by atoms with van der Waals surface area (Å²) >= 11 is 0. The molecule has 0 aliphatic heterocycles. The smallest absolute Gasteiger partial charge is 0.0683 e. The third-order valence-electron chi connectivity index (χ3n) is 2.36.